The number of aromatic nitrogens is 1. The Labute approximate surface area is 168 Å². The number of piperazine rings is 1. The molecule has 0 radical (unpaired) electrons. The molecule has 0 bridgehead atoms. The molecular formula is C22H21FN4O2. The summed E-state index contributed by atoms with van der Waals surface area (Å²) >= 11 is 0. The zero-order valence-corrected chi connectivity index (χ0v) is 15.8. The van der Waals surface area contributed by atoms with Gasteiger partial charge in [0, 0.05) is 50.3 Å². The fraction of sp³-hybridized carbons (Fsp3) is 0.182. The molecule has 3 aromatic rings. The van der Waals surface area contributed by atoms with Crippen LogP contribution >= 0.6 is 0 Å². The third-order valence-corrected chi connectivity index (χ3v) is 4.73. The van der Waals surface area contributed by atoms with Crippen LogP contribution in [0.4, 0.5) is 20.6 Å². The van der Waals surface area contributed by atoms with Crippen molar-refractivity contribution in [2.24, 2.45) is 0 Å². The number of carbonyl (C=O) groups excluding carboxylic acids is 1. The van der Waals surface area contributed by atoms with Crippen LogP contribution < -0.4 is 15.0 Å². The number of halogens is 1. The molecule has 1 fully saturated rings. The number of amides is 2. The van der Waals surface area contributed by atoms with Crippen molar-refractivity contribution < 1.29 is 13.9 Å². The molecule has 4 rings (SSSR count). The summed E-state index contributed by atoms with van der Waals surface area (Å²) in [6, 6.07) is 17.3. The average Bonchev–Trinajstić information content (AvgIpc) is 2.75. The van der Waals surface area contributed by atoms with E-state index in [-0.39, 0.29) is 11.8 Å². The van der Waals surface area contributed by atoms with E-state index >= 15 is 0 Å². The Morgan fingerprint density at radius 2 is 1.69 bits per heavy atom. The van der Waals surface area contributed by atoms with Gasteiger partial charge in [0.2, 0.25) is 0 Å². The van der Waals surface area contributed by atoms with Gasteiger partial charge in [-0.3, -0.25) is 4.98 Å². The van der Waals surface area contributed by atoms with E-state index in [1.165, 1.54) is 6.07 Å². The van der Waals surface area contributed by atoms with Crippen molar-refractivity contribution in [1.82, 2.24) is 9.88 Å². The van der Waals surface area contributed by atoms with Gasteiger partial charge in [-0.05, 0) is 36.4 Å². The van der Waals surface area contributed by atoms with Crippen molar-refractivity contribution in [2.75, 3.05) is 36.4 Å². The van der Waals surface area contributed by atoms with Gasteiger partial charge >= 0.3 is 6.03 Å². The van der Waals surface area contributed by atoms with E-state index in [4.69, 9.17) is 4.74 Å². The van der Waals surface area contributed by atoms with E-state index < -0.39 is 0 Å². The topological polar surface area (TPSA) is 57.7 Å². The maximum Gasteiger partial charge on any atom is 0.321 e. The number of nitrogens with one attached hydrogen (secondary N) is 1. The van der Waals surface area contributed by atoms with Gasteiger partial charge in [0.15, 0.2) is 0 Å². The van der Waals surface area contributed by atoms with Gasteiger partial charge in [-0.25, -0.2) is 9.18 Å². The van der Waals surface area contributed by atoms with Crippen molar-refractivity contribution in [3.05, 3.63) is 78.9 Å². The molecule has 0 atom stereocenters. The molecule has 1 aliphatic heterocycles. The van der Waals surface area contributed by atoms with Crippen LogP contribution in [0.5, 0.6) is 11.5 Å². The Morgan fingerprint density at radius 1 is 0.931 bits per heavy atom. The van der Waals surface area contributed by atoms with Gasteiger partial charge < -0.3 is 19.9 Å². The Kier molecular flexibility index (Phi) is 5.56. The summed E-state index contributed by atoms with van der Waals surface area (Å²) in [5, 5.41) is 2.91. The number of carbonyl (C=O) groups is 1. The SMILES string of the molecule is O=C(Nc1cccc(Oc2ccncc2)c1)N1CCN(c2ccccc2F)CC1. The molecule has 2 heterocycles. The Hall–Kier alpha value is -3.61. The number of urea groups is 1. The second kappa shape index (κ2) is 8.60. The smallest absolute Gasteiger partial charge is 0.321 e. The first-order valence-corrected chi connectivity index (χ1v) is 9.42. The highest BCUT2D eigenvalue weighted by molar-refractivity contribution is 5.89. The predicted octanol–water partition coefficient (Wildman–Crippen LogP) is 4.37. The molecule has 2 amide bonds. The lowest BCUT2D eigenvalue weighted by atomic mass is 10.2. The molecule has 0 aliphatic carbocycles. The summed E-state index contributed by atoms with van der Waals surface area (Å²) in [4.78, 5) is 20.3. The minimum atomic E-state index is -0.239. The van der Waals surface area contributed by atoms with Gasteiger partial charge in [0.1, 0.15) is 17.3 Å². The normalized spacial score (nSPS) is 13.8. The number of hydrogen-bond acceptors (Lipinski definition) is 4. The highest BCUT2D eigenvalue weighted by Crippen LogP contribution is 2.24. The minimum absolute atomic E-state index is 0.181. The summed E-state index contributed by atoms with van der Waals surface area (Å²) in [5.74, 6) is 1.06. The van der Waals surface area contributed by atoms with Gasteiger partial charge in [-0.2, -0.15) is 0 Å². The van der Waals surface area contributed by atoms with Crippen molar-refractivity contribution in [3.8, 4) is 11.5 Å². The fourth-order valence-corrected chi connectivity index (χ4v) is 3.24. The molecule has 1 aromatic heterocycles. The van der Waals surface area contributed by atoms with Crippen molar-refractivity contribution in [1.29, 1.82) is 0 Å². The van der Waals surface area contributed by atoms with Gasteiger partial charge in [0.25, 0.3) is 0 Å². The van der Waals surface area contributed by atoms with Crippen LogP contribution in [0.2, 0.25) is 0 Å². The molecule has 29 heavy (non-hydrogen) atoms. The highest BCUT2D eigenvalue weighted by Gasteiger charge is 2.22. The van der Waals surface area contributed by atoms with E-state index in [0.717, 1.165) is 0 Å². The molecule has 148 valence electrons. The van der Waals surface area contributed by atoms with E-state index in [1.54, 1.807) is 47.6 Å². The summed E-state index contributed by atoms with van der Waals surface area (Å²) in [6.45, 7) is 2.21. The van der Waals surface area contributed by atoms with Crippen LogP contribution in [0.3, 0.4) is 0 Å². The number of rotatable bonds is 4. The first kappa shape index (κ1) is 18.7. The predicted molar refractivity (Wildman–Crippen MR) is 110 cm³/mol. The van der Waals surface area contributed by atoms with Crippen LogP contribution in [-0.2, 0) is 0 Å². The number of pyridine rings is 1. The standard InChI is InChI=1S/C22H21FN4O2/c23-20-6-1-2-7-21(20)26-12-14-27(15-13-26)22(28)25-17-4-3-5-19(16-17)29-18-8-10-24-11-9-18/h1-11,16H,12-15H2,(H,25,28). The van der Waals surface area contributed by atoms with E-state index in [9.17, 15) is 9.18 Å². The Bertz CT molecular complexity index is 975. The average molecular weight is 392 g/mol. The van der Waals surface area contributed by atoms with Crippen LogP contribution in [-0.4, -0.2) is 42.1 Å². The third kappa shape index (κ3) is 4.63. The minimum Gasteiger partial charge on any atom is -0.457 e. The summed E-state index contributed by atoms with van der Waals surface area (Å²) in [5.41, 5.74) is 1.23. The molecule has 2 aromatic carbocycles. The van der Waals surface area contributed by atoms with Crippen LogP contribution in [0.25, 0.3) is 0 Å². The van der Waals surface area contributed by atoms with Crippen molar-refractivity contribution >= 4 is 17.4 Å². The lowest BCUT2D eigenvalue weighted by Crippen LogP contribution is -2.50. The van der Waals surface area contributed by atoms with Gasteiger partial charge in [0.05, 0.1) is 5.69 Å². The number of nitrogens with zero attached hydrogens (tertiary/aromatic N) is 3. The maximum absolute atomic E-state index is 14.0. The second-order valence-electron chi connectivity index (χ2n) is 6.67. The second-order valence-corrected chi connectivity index (χ2v) is 6.67. The summed E-state index contributed by atoms with van der Waals surface area (Å²) in [7, 11) is 0. The van der Waals surface area contributed by atoms with E-state index in [0.29, 0.717) is 49.1 Å². The number of anilines is 2. The number of ether oxygens (including phenoxy) is 1. The van der Waals surface area contributed by atoms with E-state index in [1.807, 2.05) is 29.2 Å². The quantitative estimate of drug-likeness (QED) is 0.716. The summed E-state index contributed by atoms with van der Waals surface area (Å²) in [6.07, 6.45) is 3.31. The number of benzene rings is 2. The monoisotopic (exact) mass is 392 g/mol. The first-order chi connectivity index (χ1) is 14.2. The van der Waals surface area contributed by atoms with Crippen molar-refractivity contribution in [3.63, 3.8) is 0 Å². The number of hydrogen-bond donors (Lipinski definition) is 1. The van der Waals surface area contributed by atoms with Crippen LogP contribution in [0.1, 0.15) is 0 Å². The fourth-order valence-electron chi connectivity index (χ4n) is 3.24. The highest BCUT2D eigenvalue weighted by atomic mass is 19.1. The van der Waals surface area contributed by atoms with Gasteiger partial charge in [-0.15, -0.1) is 0 Å². The zero-order valence-electron chi connectivity index (χ0n) is 15.8. The molecule has 1 N–H and O–H groups in total. The largest absolute Gasteiger partial charge is 0.457 e. The molecule has 7 heteroatoms. The Morgan fingerprint density at radius 3 is 2.45 bits per heavy atom. The number of para-hydroxylation sites is 1. The molecule has 6 nitrogen and oxygen atoms in total. The van der Waals surface area contributed by atoms with Gasteiger partial charge in [-0.1, -0.05) is 18.2 Å². The lowest BCUT2D eigenvalue weighted by molar-refractivity contribution is 0.208. The van der Waals surface area contributed by atoms with Crippen LogP contribution in [0, 0.1) is 5.82 Å². The summed E-state index contributed by atoms with van der Waals surface area (Å²) < 4.78 is 19.7. The molecular weight excluding hydrogens is 371 g/mol. The third-order valence-electron chi connectivity index (χ3n) is 4.73. The van der Waals surface area contributed by atoms with Crippen molar-refractivity contribution in [2.45, 2.75) is 0 Å². The first-order valence-electron chi connectivity index (χ1n) is 9.42. The molecule has 0 unspecified atom stereocenters. The zero-order chi connectivity index (χ0) is 20.1. The Balaban J connectivity index is 1.34. The molecule has 0 saturated carbocycles. The van der Waals surface area contributed by atoms with E-state index in [2.05, 4.69) is 10.3 Å². The molecule has 0 spiro atoms. The maximum atomic E-state index is 14.0. The lowest BCUT2D eigenvalue weighted by Gasteiger charge is -2.36. The molecule has 1 aliphatic rings. The van der Waals surface area contributed by atoms with Crippen LogP contribution in [0.15, 0.2) is 73.1 Å². The molecule has 1 saturated heterocycles.